The van der Waals surface area contributed by atoms with Crippen LogP contribution < -0.4 is 0 Å². The van der Waals surface area contributed by atoms with Crippen molar-refractivity contribution >= 4 is 81.7 Å². The van der Waals surface area contributed by atoms with E-state index in [9.17, 15) is 0 Å². The minimum absolute atomic E-state index is 1.17. The molecule has 0 saturated carbocycles. The third-order valence-electron chi connectivity index (χ3n) is 8.74. The zero-order valence-electron chi connectivity index (χ0n) is 20.9. The van der Waals surface area contributed by atoms with Crippen LogP contribution in [0.3, 0.4) is 0 Å². The summed E-state index contributed by atoms with van der Waals surface area (Å²) in [4.78, 5) is 3.81. The van der Waals surface area contributed by atoms with E-state index in [1.165, 1.54) is 87.4 Å². The van der Waals surface area contributed by atoms with E-state index in [-0.39, 0.29) is 0 Å². The van der Waals surface area contributed by atoms with E-state index in [4.69, 9.17) is 0 Å². The van der Waals surface area contributed by atoms with Crippen molar-refractivity contribution in [1.82, 2.24) is 14.0 Å². The number of para-hydroxylation sites is 4. The van der Waals surface area contributed by atoms with Crippen LogP contribution in [0.4, 0.5) is 0 Å². The van der Waals surface area contributed by atoms with E-state index < -0.39 is 0 Å². The maximum absolute atomic E-state index is 3.81. The molecule has 10 aromatic rings. The molecule has 39 heavy (non-hydrogen) atoms. The van der Waals surface area contributed by atoms with Crippen molar-refractivity contribution in [2.45, 2.75) is 0 Å². The summed E-state index contributed by atoms with van der Waals surface area (Å²) in [5.41, 5.74) is 9.78. The predicted octanol–water partition coefficient (Wildman–Crippen LogP) is 9.57. The number of aromatic amines is 1. The lowest BCUT2D eigenvalue weighted by Gasteiger charge is -2.10. The predicted molar refractivity (Wildman–Crippen MR) is 165 cm³/mol. The van der Waals surface area contributed by atoms with E-state index >= 15 is 0 Å². The topological polar surface area (TPSA) is 25.1 Å². The molecular formula is C36H21N3. The zero-order chi connectivity index (χ0) is 25.2. The van der Waals surface area contributed by atoms with Crippen molar-refractivity contribution in [2.24, 2.45) is 0 Å². The van der Waals surface area contributed by atoms with Gasteiger partial charge in [-0.15, -0.1) is 0 Å². The van der Waals surface area contributed by atoms with Crippen molar-refractivity contribution in [3.05, 3.63) is 121 Å². The van der Waals surface area contributed by atoms with Gasteiger partial charge in [0.05, 0.1) is 27.6 Å². The number of nitrogens with zero attached hydrogens (tertiary/aromatic N) is 2. The van der Waals surface area contributed by atoms with E-state index in [1.807, 2.05) is 0 Å². The Morgan fingerprint density at radius 1 is 0.410 bits per heavy atom. The molecule has 0 atom stereocenters. The summed E-state index contributed by atoms with van der Waals surface area (Å²) < 4.78 is 4.97. The molecule has 0 aliphatic carbocycles. The first kappa shape index (κ1) is 19.8. The van der Waals surface area contributed by atoms with Gasteiger partial charge in [0.25, 0.3) is 0 Å². The van der Waals surface area contributed by atoms with E-state index in [0.29, 0.717) is 0 Å². The van der Waals surface area contributed by atoms with Gasteiger partial charge in [-0.25, -0.2) is 0 Å². The monoisotopic (exact) mass is 495 g/mol. The minimum Gasteiger partial charge on any atom is -0.354 e. The summed E-state index contributed by atoms with van der Waals surface area (Å²) in [5, 5.41) is 10.3. The second-order valence-electron chi connectivity index (χ2n) is 10.6. The van der Waals surface area contributed by atoms with Crippen LogP contribution in [0.25, 0.3) is 87.4 Å². The second-order valence-corrected chi connectivity index (χ2v) is 10.6. The van der Waals surface area contributed by atoms with Gasteiger partial charge < -0.3 is 14.0 Å². The normalized spacial score (nSPS) is 12.6. The Morgan fingerprint density at radius 2 is 1.08 bits per heavy atom. The van der Waals surface area contributed by atoms with Crippen LogP contribution in [-0.2, 0) is 0 Å². The molecule has 3 heteroatoms. The van der Waals surface area contributed by atoms with Crippen molar-refractivity contribution < 1.29 is 0 Å². The summed E-state index contributed by atoms with van der Waals surface area (Å²) >= 11 is 0. The fourth-order valence-corrected chi connectivity index (χ4v) is 7.30. The molecule has 0 fully saturated rings. The van der Waals surface area contributed by atoms with Crippen molar-refractivity contribution in [3.63, 3.8) is 0 Å². The highest BCUT2D eigenvalue weighted by Gasteiger charge is 2.23. The molecule has 4 heterocycles. The van der Waals surface area contributed by atoms with Gasteiger partial charge in [-0.3, -0.25) is 0 Å². The van der Waals surface area contributed by atoms with Crippen LogP contribution in [-0.4, -0.2) is 14.0 Å². The first-order valence-corrected chi connectivity index (χ1v) is 13.5. The van der Waals surface area contributed by atoms with Gasteiger partial charge in [-0.05, 0) is 42.5 Å². The highest BCUT2D eigenvalue weighted by Crippen LogP contribution is 2.47. The Bertz CT molecular complexity index is 2590. The Morgan fingerprint density at radius 3 is 1.95 bits per heavy atom. The smallest absolute Gasteiger partial charge is 0.0628 e. The maximum Gasteiger partial charge on any atom is 0.0628 e. The molecular weight excluding hydrogens is 474 g/mol. The molecule has 10 rings (SSSR count). The quantitative estimate of drug-likeness (QED) is 0.235. The number of benzene rings is 6. The third-order valence-corrected chi connectivity index (χ3v) is 8.74. The van der Waals surface area contributed by atoms with Crippen molar-refractivity contribution in [2.75, 3.05) is 0 Å². The molecule has 180 valence electrons. The molecule has 0 unspecified atom stereocenters. The van der Waals surface area contributed by atoms with E-state index in [1.54, 1.807) is 0 Å². The molecule has 0 spiro atoms. The van der Waals surface area contributed by atoms with Crippen molar-refractivity contribution in [3.8, 4) is 5.69 Å². The van der Waals surface area contributed by atoms with Gasteiger partial charge in [-0.2, -0.15) is 0 Å². The molecule has 0 saturated heterocycles. The van der Waals surface area contributed by atoms with Gasteiger partial charge in [0, 0.05) is 59.8 Å². The molecule has 4 aromatic heterocycles. The number of nitrogens with one attached hydrogen (secondary N) is 1. The Labute approximate surface area is 222 Å². The number of fused-ring (bicyclic) bond motifs is 9. The molecule has 0 amide bonds. The molecule has 1 N–H and O–H groups in total. The first-order valence-electron chi connectivity index (χ1n) is 13.5. The largest absolute Gasteiger partial charge is 0.354 e. The van der Waals surface area contributed by atoms with Gasteiger partial charge in [0.2, 0.25) is 0 Å². The summed E-state index contributed by atoms with van der Waals surface area (Å²) in [6.07, 6.45) is 0. The lowest BCUT2D eigenvalue weighted by Crippen LogP contribution is -1.94. The number of H-pyrrole nitrogens is 1. The summed E-state index contributed by atoms with van der Waals surface area (Å²) in [6, 6.07) is 44.3. The second kappa shape index (κ2) is 6.77. The summed E-state index contributed by atoms with van der Waals surface area (Å²) in [5.74, 6) is 0. The SMILES string of the molecule is c1ccc(-n2c3ccccc3c3cc4[nH]c5cccc6c5c4c(c4cccc5c7ccccc7n6c54)c32)cc1. The van der Waals surface area contributed by atoms with Crippen LogP contribution in [0.2, 0.25) is 0 Å². The average Bonchev–Trinajstić information content (AvgIpc) is 3.61. The number of hydrogen-bond donors (Lipinski definition) is 1. The summed E-state index contributed by atoms with van der Waals surface area (Å²) in [6.45, 7) is 0. The van der Waals surface area contributed by atoms with Gasteiger partial charge in [0.15, 0.2) is 0 Å². The van der Waals surface area contributed by atoms with Gasteiger partial charge in [0.1, 0.15) is 0 Å². The third kappa shape index (κ3) is 2.27. The summed E-state index contributed by atoms with van der Waals surface area (Å²) in [7, 11) is 0. The van der Waals surface area contributed by atoms with Crippen LogP contribution >= 0.6 is 0 Å². The lowest BCUT2D eigenvalue weighted by molar-refractivity contribution is 1.19. The van der Waals surface area contributed by atoms with Crippen LogP contribution in [0, 0.1) is 0 Å². The highest BCUT2D eigenvalue weighted by molar-refractivity contribution is 6.37. The molecule has 0 aliphatic rings. The minimum atomic E-state index is 1.17. The molecule has 0 aliphatic heterocycles. The van der Waals surface area contributed by atoms with E-state index in [2.05, 4.69) is 135 Å². The number of rotatable bonds is 1. The molecule has 0 radical (unpaired) electrons. The highest BCUT2D eigenvalue weighted by atomic mass is 15.0. The molecule has 0 bridgehead atoms. The number of aromatic nitrogens is 3. The zero-order valence-corrected chi connectivity index (χ0v) is 20.9. The van der Waals surface area contributed by atoms with Crippen molar-refractivity contribution in [1.29, 1.82) is 0 Å². The van der Waals surface area contributed by atoms with E-state index in [0.717, 1.165) is 0 Å². The maximum atomic E-state index is 3.81. The lowest BCUT2D eigenvalue weighted by atomic mass is 10.0. The van der Waals surface area contributed by atoms with Gasteiger partial charge in [-0.1, -0.05) is 78.9 Å². The molecule has 6 aromatic carbocycles. The van der Waals surface area contributed by atoms with Crippen LogP contribution in [0.5, 0.6) is 0 Å². The average molecular weight is 496 g/mol. The van der Waals surface area contributed by atoms with Crippen LogP contribution in [0.15, 0.2) is 121 Å². The standard InChI is InChI=1S/C36H21N3/c1-2-10-21(11-3-1)38-29-17-6-5-13-23(29)26-20-28-34-32(36(26)38)25-15-8-14-24-22-12-4-7-18-30(22)39(35(24)25)31-19-9-16-27(37-28)33(31)34/h1-20,37H. The van der Waals surface area contributed by atoms with Gasteiger partial charge >= 0.3 is 0 Å². The fraction of sp³-hybridized carbons (Fsp3) is 0. The fourth-order valence-electron chi connectivity index (χ4n) is 7.30. The number of hydrogen-bond acceptors (Lipinski definition) is 0. The Kier molecular flexibility index (Phi) is 3.44. The Hall–Kier alpha value is -5.28. The van der Waals surface area contributed by atoms with Crippen LogP contribution in [0.1, 0.15) is 0 Å². The first-order chi connectivity index (χ1) is 19.4. The Balaban J connectivity index is 1.66. The molecule has 3 nitrogen and oxygen atoms in total.